The highest BCUT2D eigenvalue weighted by Gasteiger charge is 2.32. The van der Waals surface area contributed by atoms with Crippen LogP contribution in [0, 0.1) is 0 Å². The molecule has 2 aromatic heterocycles. The zero-order chi connectivity index (χ0) is 12.0. The fourth-order valence-electron chi connectivity index (χ4n) is 0.625. The van der Waals surface area contributed by atoms with Crippen molar-refractivity contribution in [1.82, 2.24) is 25.4 Å². The summed E-state index contributed by atoms with van der Waals surface area (Å²) in [6.07, 6.45) is 0.157. The molecule has 9 heteroatoms. The smallest absolute Gasteiger partial charge is 0.247 e. The molecule has 0 unspecified atom stereocenters. The number of nitrogens with one attached hydrogen (secondary N) is 1. The van der Waals surface area contributed by atoms with Gasteiger partial charge in [0.2, 0.25) is 0 Å². The van der Waals surface area contributed by atoms with Gasteiger partial charge in [-0.05, 0) is 0 Å². The summed E-state index contributed by atoms with van der Waals surface area (Å²) in [6.45, 7) is 0. The lowest BCUT2D eigenvalue weighted by Gasteiger charge is -2.02. The third-order valence-electron chi connectivity index (χ3n) is 1.24. The molecule has 0 saturated heterocycles. The molecule has 86 valence electrons. The number of rotatable bonds is 0. The SMILES string of the molecule is FC(F)(F)c1cnc(Cl)cn1.c1cn[nH]n1. The second-order valence-electron chi connectivity index (χ2n) is 2.38. The molecule has 0 atom stereocenters. The molecule has 0 aliphatic rings. The zero-order valence-corrected chi connectivity index (χ0v) is 8.37. The maximum Gasteiger partial charge on any atom is 0.434 e. The first-order valence-corrected chi connectivity index (χ1v) is 4.22. The third-order valence-corrected chi connectivity index (χ3v) is 1.44. The lowest BCUT2D eigenvalue weighted by molar-refractivity contribution is -0.141. The quantitative estimate of drug-likeness (QED) is 0.777. The van der Waals surface area contributed by atoms with Crippen molar-refractivity contribution in [2.75, 3.05) is 0 Å². The molecule has 5 nitrogen and oxygen atoms in total. The van der Waals surface area contributed by atoms with Crippen molar-refractivity contribution in [3.63, 3.8) is 0 Å². The minimum atomic E-state index is -4.45. The Morgan fingerprint density at radius 2 is 1.69 bits per heavy atom. The summed E-state index contributed by atoms with van der Waals surface area (Å²) < 4.78 is 35.3. The van der Waals surface area contributed by atoms with Gasteiger partial charge in [0.25, 0.3) is 0 Å². The van der Waals surface area contributed by atoms with E-state index in [2.05, 4.69) is 25.4 Å². The van der Waals surface area contributed by atoms with Crippen molar-refractivity contribution in [3.05, 3.63) is 35.6 Å². The van der Waals surface area contributed by atoms with E-state index in [1.165, 1.54) is 0 Å². The van der Waals surface area contributed by atoms with Crippen LogP contribution in [0.15, 0.2) is 24.8 Å². The van der Waals surface area contributed by atoms with Gasteiger partial charge in [0.15, 0.2) is 5.69 Å². The Bertz CT molecular complexity index is 382. The molecular formula is C7H5ClF3N5. The monoisotopic (exact) mass is 251 g/mol. The van der Waals surface area contributed by atoms with Gasteiger partial charge in [-0.2, -0.15) is 28.6 Å². The molecule has 0 spiro atoms. The number of aromatic nitrogens is 5. The van der Waals surface area contributed by atoms with Crippen LogP contribution < -0.4 is 0 Å². The molecule has 0 saturated carbocycles. The Morgan fingerprint density at radius 1 is 1.06 bits per heavy atom. The fraction of sp³-hybridized carbons (Fsp3) is 0.143. The standard InChI is InChI=1S/C5H2ClF3N2.C2H3N3/c6-4-2-10-3(1-11-4)5(7,8)9;1-2-4-5-3-1/h1-2H;1-2H,(H,3,4,5). The van der Waals surface area contributed by atoms with Crippen LogP contribution in [0.25, 0.3) is 0 Å². The van der Waals surface area contributed by atoms with Crippen molar-refractivity contribution < 1.29 is 13.2 Å². The van der Waals surface area contributed by atoms with Crippen LogP contribution in [0.4, 0.5) is 13.2 Å². The molecule has 0 amide bonds. The van der Waals surface area contributed by atoms with Crippen LogP contribution in [-0.2, 0) is 6.18 Å². The molecular weight excluding hydrogens is 247 g/mol. The summed E-state index contributed by atoms with van der Waals surface area (Å²) in [6, 6.07) is 0. The van der Waals surface area contributed by atoms with Crippen LogP contribution >= 0.6 is 11.6 Å². The van der Waals surface area contributed by atoms with Gasteiger partial charge in [-0.3, -0.25) is 0 Å². The minimum absolute atomic E-state index is 0.0574. The first-order chi connectivity index (χ1) is 7.50. The van der Waals surface area contributed by atoms with Crippen molar-refractivity contribution in [1.29, 1.82) is 0 Å². The Morgan fingerprint density at radius 3 is 2.00 bits per heavy atom. The Kier molecular flexibility index (Phi) is 4.18. The van der Waals surface area contributed by atoms with Crippen LogP contribution in [0.5, 0.6) is 0 Å². The van der Waals surface area contributed by atoms with Gasteiger partial charge >= 0.3 is 6.18 Å². The number of alkyl halides is 3. The van der Waals surface area contributed by atoms with Crippen molar-refractivity contribution in [2.45, 2.75) is 6.18 Å². The summed E-state index contributed by atoms with van der Waals surface area (Å²) in [7, 11) is 0. The van der Waals surface area contributed by atoms with E-state index in [0.717, 1.165) is 6.20 Å². The number of hydrogen-bond acceptors (Lipinski definition) is 4. The predicted molar refractivity (Wildman–Crippen MR) is 48.4 cm³/mol. The molecule has 0 aliphatic carbocycles. The van der Waals surface area contributed by atoms with E-state index in [9.17, 15) is 13.2 Å². The van der Waals surface area contributed by atoms with Gasteiger partial charge in [-0.25, -0.2) is 9.97 Å². The highest BCUT2D eigenvalue weighted by molar-refractivity contribution is 6.29. The van der Waals surface area contributed by atoms with Crippen LogP contribution in [-0.4, -0.2) is 25.4 Å². The number of aromatic amines is 1. The summed E-state index contributed by atoms with van der Waals surface area (Å²) in [5.41, 5.74) is -1.04. The van der Waals surface area contributed by atoms with Gasteiger partial charge in [-0.1, -0.05) is 11.6 Å². The highest BCUT2D eigenvalue weighted by atomic mass is 35.5. The molecule has 0 bridgehead atoms. The second kappa shape index (κ2) is 5.40. The molecule has 0 aromatic carbocycles. The lowest BCUT2D eigenvalue weighted by Crippen LogP contribution is -2.07. The van der Waals surface area contributed by atoms with E-state index in [0.29, 0.717) is 6.20 Å². The number of H-pyrrole nitrogens is 1. The van der Waals surface area contributed by atoms with Gasteiger partial charge in [0.1, 0.15) is 5.15 Å². The fourth-order valence-corrected chi connectivity index (χ4v) is 0.723. The Hall–Kier alpha value is -1.70. The summed E-state index contributed by atoms with van der Waals surface area (Å²) >= 11 is 5.22. The summed E-state index contributed by atoms with van der Waals surface area (Å²) in [5, 5.41) is 9.28. The molecule has 0 aliphatic heterocycles. The topological polar surface area (TPSA) is 67.3 Å². The van der Waals surface area contributed by atoms with E-state index >= 15 is 0 Å². The van der Waals surface area contributed by atoms with Gasteiger partial charge in [-0.15, -0.1) is 0 Å². The van der Waals surface area contributed by atoms with Crippen molar-refractivity contribution >= 4 is 11.6 Å². The molecule has 16 heavy (non-hydrogen) atoms. The highest BCUT2D eigenvalue weighted by Crippen LogP contribution is 2.26. The Balaban J connectivity index is 0.000000212. The van der Waals surface area contributed by atoms with Crippen LogP contribution in [0.3, 0.4) is 0 Å². The summed E-state index contributed by atoms with van der Waals surface area (Å²) in [4.78, 5) is 6.26. The van der Waals surface area contributed by atoms with E-state index in [-0.39, 0.29) is 5.15 Å². The average molecular weight is 252 g/mol. The molecule has 2 aromatic rings. The normalized spacial score (nSPS) is 10.5. The van der Waals surface area contributed by atoms with Crippen molar-refractivity contribution in [2.24, 2.45) is 0 Å². The number of hydrogen-bond donors (Lipinski definition) is 1. The maximum atomic E-state index is 11.8. The Labute approximate surface area is 92.7 Å². The number of halogens is 4. The summed E-state index contributed by atoms with van der Waals surface area (Å²) in [5.74, 6) is 0. The van der Waals surface area contributed by atoms with Gasteiger partial charge in [0.05, 0.1) is 24.8 Å². The van der Waals surface area contributed by atoms with Gasteiger partial charge < -0.3 is 0 Å². The average Bonchev–Trinajstić information content (AvgIpc) is 2.74. The van der Waals surface area contributed by atoms with Crippen LogP contribution in [0.1, 0.15) is 5.69 Å². The first kappa shape index (κ1) is 12.4. The second-order valence-corrected chi connectivity index (χ2v) is 2.77. The van der Waals surface area contributed by atoms with Crippen LogP contribution in [0.2, 0.25) is 5.15 Å². The lowest BCUT2D eigenvalue weighted by atomic mass is 10.4. The predicted octanol–water partition coefficient (Wildman–Crippen LogP) is 1.95. The van der Waals surface area contributed by atoms with E-state index < -0.39 is 11.9 Å². The molecule has 1 N–H and O–H groups in total. The molecule has 2 rings (SSSR count). The zero-order valence-electron chi connectivity index (χ0n) is 7.61. The molecule has 2 heterocycles. The maximum absolute atomic E-state index is 11.8. The van der Waals surface area contributed by atoms with Gasteiger partial charge in [0, 0.05) is 0 Å². The molecule has 0 fully saturated rings. The number of nitrogens with zero attached hydrogens (tertiary/aromatic N) is 4. The van der Waals surface area contributed by atoms with E-state index in [1.54, 1.807) is 12.4 Å². The third kappa shape index (κ3) is 4.22. The largest absolute Gasteiger partial charge is 0.434 e. The van der Waals surface area contributed by atoms with E-state index in [1.807, 2.05) is 0 Å². The van der Waals surface area contributed by atoms with E-state index in [4.69, 9.17) is 11.6 Å². The molecule has 0 radical (unpaired) electrons. The minimum Gasteiger partial charge on any atom is -0.247 e. The van der Waals surface area contributed by atoms with Crippen molar-refractivity contribution in [3.8, 4) is 0 Å². The first-order valence-electron chi connectivity index (χ1n) is 3.84.